The largest absolute Gasteiger partial charge is 0.497 e. The Hall–Kier alpha value is -3.02. The van der Waals surface area contributed by atoms with Crippen molar-refractivity contribution in [1.82, 2.24) is 0 Å². The number of amides is 2. The number of fused-ring (bicyclic) bond motifs is 1. The van der Waals surface area contributed by atoms with Crippen LogP contribution in [0.1, 0.15) is 16.8 Å². The van der Waals surface area contributed by atoms with E-state index in [9.17, 15) is 9.59 Å². The van der Waals surface area contributed by atoms with E-state index in [-0.39, 0.29) is 11.8 Å². The Bertz CT molecular complexity index is 758. The molecule has 118 valence electrons. The van der Waals surface area contributed by atoms with Crippen LogP contribution < -0.4 is 20.1 Å². The molecule has 3 rings (SSSR count). The highest BCUT2D eigenvalue weighted by Gasteiger charge is 2.16. The summed E-state index contributed by atoms with van der Waals surface area (Å²) in [6.07, 6.45) is 0.292. The zero-order valence-corrected chi connectivity index (χ0v) is 12.6. The Morgan fingerprint density at radius 3 is 2.96 bits per heavy atom. The van der Waals surface area contributed by atoms with Crippen LogP contribution in [0.4, 0.5) is 11.4 Å². The number of nitrogens with one attached hydrogen (secondary N) is 2. The quantitative estimate of drug-likeness (QED) is 0.913. The summed E-state index contributed by atoms with van der Waals surface area (Å²) in [6, 6.07) is 12.0. The van der Waals surface area contributed by atoms with Crippen molar-refractivity contribution in [2.24, 2.45) is 0 Å². The molecule has 0 saturated heterocycles. The first-order chi connectivity index (χ1) is 11.2. The lowest BCUT2D eigenvalue weighted by Gasteiger charge is -2.10. The fourth-order valence-electron chi connectivity index (χ4n) is 2.27. The van der Waals surface area contributed by atoms with Gasteiger partial charge in [0.05, 0.1) is 25.8 Å². The van der Waals surface area contributed by atoms with Crippen molar-refractivity contribution in [2.75, 3.05) is 24.4 Å². The highest BCUT2D eigenvalue weighted by atomic mass is 16.5. The fraction of sp³-hybridized carbons (Fsp3) is 0.176. The van der Waals surface area contributed by atoms with Crippen molar-refractivity contribution in [2.45, 2.75) is 6.42 Å². The third kappa shape index (κ3) is 3.42. The Morgan fingerprint density at radius 1 is 1.26 bits per heavy atom. The molecule has 1 heterocycles. The highest BCUT2D eigenvalue weighted by molar-refractivity contribution is 6.06. The van der Waals surface area contributed by atoms with Gasteiger partial charge in [-0.3, -0.25) is 9.59 Å². The third-order valence-corrected chi connectivity index (χ3v) is 3.43. The molecule has 6 heteroatoms. The Balaban J connectivity index is 1.81. The van der Waals surface area contributed by atoms with Gasteiger partial charge in [0, 0.05) is 17.3 Å². The first-order valence-corrected chi connectivity index (χ1v) is 7.18. The molecule has 0 unspecified atom stereocenters. The normalized spacial score (nSPS) is 13.2. The van der Waals surface area contributed by atoms with Gasteiger partial charge in [-0.25, -0.2) is 0 Å². The van der Waals surface area contributed by atoms with E-state index >= 15 is 0 Å². The van der Waals surface area contributed by atoms with E-state index in [1.54, 1.807) is 49.6 Å². The van der Waals surface area contributed by atoms with Crippen LogP contribution in [0, 0.1) is 0 Å². The number of hydrogen-bond acceptors (Lipinski definition) is 4. The van der Waals surface area contributed by atoms with E-state index in [1.165, 1.54) is 0 Å². The van der Waals surface area contributed by atoms with Gasteiger partial charge in [0.25, 0.3) is 5.91 Å². The number of anilines is 2. The molecule has 0 spiro atoms. The van der Waals surface area contributed by atoms with Crippen LogP contribution in [0.25, 0.3) is 0 Å². The summed E-state index contributed by atoms with van der Waals surface area (Å²) >= 11 is 0. The molecule has 2 aromatic carbocycles. The van der Waals surface area contributed by atoms with Gasteiger partial charge in [0.2, 0.25) is 5.91 Å². The van der Waals surface area contributed by atoms with Crippen LogP contribution in [0.3, 0.4) is 0 Å². The average molecular weight is 312 g/mol. The topological polar surface area (TPSA) is 76.7 Å². The molecule has 6 nitrogen and oxygen atoms in total. The molecule has 0 radical (unpaired) electrons. The molecule has 2 aromatic rings. The molecule has 0 fully saturated rings. The minimum atomic E-state index is -0.278. The zero-order valence-electron chi connectivity index (χ0n) is 12.6. The summed E-state index contributed by atoms with van der Waals surface area (Å²) in [5.74, 6) is 0.813. The summed E-state index contributed by atoms with van der Waals surface area (Å²) in [5, 5.41) is 5.53. The van der Waals surface area contributed by atoms with E-state index < -0.39 is 0 Å². The van der Waals surface area contributed by atoms with Crippen LogP contribution in [-0.4, -0.2) is 25.5 Å². The maximum Gasteiger partial charge on any atom is 0.255 e. The van der Waals surface area contributed by atoms with Crippen LogP contribution in [-0.2, 0) is 4.79 Å². The lowest BCUT2D eigenvalue weighted by molar-refractivity contribution is -0.116. The molecule has 0 saturated carbocycles. The summed E-state index contributed by atoms with van der Waals surface area (Å²) in [5.41, 5.74) is 1.56. The predicted octanol–water partition coefficient (Wildman–Crippen LogP) is 2.67. The average Bonchev–Trinajstić information content (AvgIpc) is 2.74. The van der Waals surface area contributed by atoms with Crippen molar-refractivity contribution in [1.29, 1.82) is 0 Å². The number of hydrogen-bond donors (Lipinski definition) is 2. The van der Waals surface area contributed by atoms with Crippen LogP contribution in [0.5, 0.6) is 11.5 Å². The number of ether oxygens (including phenoxy) is 2. The minimum Gasteiger partial charge on any atom is -0.497 e. The van der Waals surface area contributed by atoms with Gasteiger partial charge < -0.3 is 20.1 Å². The molecule has 23 heavy (non-hydrogen) atoms. The standard InChI is InChI=1S/C17H16N2O4/c1-22-13-4-2-3-12(10-13)18-17(21)11-5-6-15-14(9-11)19-16(20)7-8-23-15/h2-6,9-10H,7-8H2,1H3,(H,18,21)(H,19,20). The van der Waals surface area contributed by atoms with Gasteiger partial charge in [-0.2, -0.15) is 0 Å². The van der Waals surface area contributed by atoms with E-state index in [1.807, 2.05) is 0 Å². The molecule has 1 aliphatic rings. The van der Waals surface area contributed by atoms with Crippen molar-refractivity contribution in [3.8, 4) is 11.5 Å². The molecule has 1 aliphatic heterocycles. The van der Waals surface area contributed by atoms with Crippen LogP contribution in [0.15, 0.2) is 42.5 Å². The molecule has 0 aliphatic carbocycles. The molecule has 0 bridgehead atoms. The minimum absolute atomic E-state index is 0.130. The Kier molecular flexibility index (Phi) is 4.14. The van der Waals surface area contributed by atoms with Gasteiger partial charge in [0.15, 0.2) is 0 Å². The molecule has 2 amide bonds. The van der Waals surface area contributed by atoms with E-state index in [0.29, 0.717) is 41.5 Å². The molecule has 0 aromatic heterocycles. The summed E-state index contributed by atoms with van der Waals surface area (Å²) in [6.45, 7) is 0.328. The van der Waals surface area contributed by atoms with Gasteiger partial charge in [-0.05, 0) is 30.3 Å². The van der Waals surface area contributed by atoms with E-state index in [2.05, 4.69) is 10.6 Å². The van der Waals surface area contributed by atoms with Crippen LogP contribution in [0.2, 0.25) is 0 Å². The number of carbonyl (C=O) groups excluding carboxylic acids is 2. The van der Waals surface area contributed by atoms with Crippen molar-refractivity contribution in [3.63, 3.8) is 0 Å². The maximum atomic E-state index is 12.4. The maximum absolute atomic E-state index is 12.4. The third-order valence-electron chi connectivity index (χ3n) is 3.43. The molecule has 2 N–H and O–H groups in total. The molecule has 0 atom stereocenters. The first kappa shape index (κ1) is 14.9. The zero-order chi connectivity index (χ0) is 16.2. The number of methoxy groups -OCH3 is 1. The fourth-order valence-corrected chi connectivity index (χ4v) is 2.27. The summed E-state index contributed by atoms with van der Waals surface area (Å²) in [7, 11) is 1.57. The van der Waals surface area contributed by atoms with Gasteiger partial charge >= 0.3 is 0 Å². The smallest absolute Gasteiger partial charge is 0.255 e. The molecular weight excluding hydrogens is 296 g/mol. The van der Waals surface area contributed by atoms with Gasteiger partial charge in [-0.1, -0.05) is 6.07 Å². The highest BCUT2D eigenvalue weighted by Crippen LogP contribution is 2.28. The van der Waals surface area contributed by atoms with E-state index in [0.717, 1.165) is 0 Å². The molecular formula is C17H16N2O4. The first-order valence-electron chi connectivity index (χ1n) is 7.18. The second-order valence-electron chi connectivity index (χ2n) is 5.04. The lowest BCUT2D eigenvalue weighted by Crippen LogP contribution is -2.13. The number of benzene rings is 2. The number of carbonyl (C=O) groups is 2. The van der Waals surface area contributed by atoms with Gasteiger partial charge in [0.1, 0.15) is 11.5 Å². The predicted molar refractivity (Wildman–Crippen MR) is 86.1 cm³/mol. The number of rotatable bonds is 3. The van der Waals surface area contributed by atoms with Crippen molar-refractivity contribution < 1.29 is 19.1 Å². The van der Waals surface area contributed by atoms with E-state index in [4.69, 9.17) is 9.47 Å². The summed E-state index contributed by atoms with van der Waals surface area (Å²) < 4.78 is 10.6. The Morgan fingerprint density at radius 2 is 2.13 bits per heavy atom. The van der Waals surface area contributed by atoms with Gasteiger partial charge in [-0.15, -0.1) is 0 Å². The second-order valence-corrected chi connectivity index (χ2v) is 5.04. The SMILES string of the molecule is COc1cccc(NC(=O)c2ccc3c(c2)NC(=O)CCO3)c1. The monoisotopic (exact) mass is 312 g/mol. The van der Waals surface area contributed by atoms with Crippen LogP contribution >= 0.6 is 0 Å². The second kappa shape index (κ2) is 6.39. The summed E-state index contributed by atoms with van der Waals surface area (Å²) in [4.78, 5) is 23.9. The van der Waals surface area contributed by atoms with Crippen molar-refractivity contribution >= 4 is 23.2 Å². The lowest BCUT2D eigenvalue weighted by atomic mass is 10.1. The Labute approximate surface area is 133 Å². The van der Waals surface area contributed by atoms with Crippen molar-refractivity contribution in [3.05, 3.63) is 48.0 Å².